The van der Waals surface area contributed by atoms with Crippen LogP contribution in [0, 0.1) is 12.5 Å². The van der Waals surface area contributed by atoms with E-state index in [0.717, 1.165) is 16.8 Å². The highest BCUT2D eigenvalue weighted by molar-refractivity contribution is 8.13. The first-order valence-corrected chi connectivity index (χ1v) is 14.4. The van der Waals surface area contributed by atoms with Crippen LogP contribution in [-0.4, -0.2) is 44.6 Å². The number of rotatable bonds is 6. The van der Waals surface area contributed by atoms with Crippen LogP contribution in [0.1, 0.15) is 25.7 Å². The third-order valence-corrected chi connectivity index (χ3v) is 9.13. The van der Waals surface area contributed by atoms with Crippen molar-refractivity contribution in [3.63, 3.8) is 0 Å². The van der Waals surface area contributed by atoms with Gasteiger partial charge in [-0.3, -0.25) is 0 Å². The zero-order valence-corrected chi connectivity index (χ0v) is 20.3. The van der Waals surface area contributed by atoms with E-state index in [2.05, 4.69) is 9.83 Å². The van der Waals surface area contributed by atoms with Crippen molar-refractivity contribution in [1.82, 2.24) is 8.96 Å². The highest BCUT2D eigenvalue weighted by atomic mass is 35.7. The molecule has 0 bridgehead atoms. The van der Waals surface area contributed by atoms with E-state index in [1.54, 1.807) is 24.3 Å². The van der Waals surface area contributed by atoms with Gasteiger partial charge in [0, 0.05) is 41.6 Å². The average molecular weight is 507 g/mol. The molecular weight excluding hydrogens is 484 g/mol. The van der Waals surface area contributed by atoms with E-state index in [1.807, 2.05) is 11.9 Å². The van der Waals surface area contributed by atoms with Crippen molar-refractivity contribution in [1.29, 1.82) is 0 Å². The van der Waals surface area contributed by atoms with Gasteiger partial charge >= 0.3 is 0 Å². The minimum atomic E-state index is -3.85. The number of hydrogen-bond donors (Lipinski definition) is 0. The predicted molar refractivity (Wildman–Crippen MR) is 129 cm³/mol. The summed E-state index contributed by atoms with van der Waals surface area (Å²) in [5, 5.41) is 0.580. The molecule has 1 fully saturated rings. The van der Waals surface area contributed by atoms with E-state index in [0.29, 0.717) is 29.6 Å². The predicted octanol–water partition coefficient (Wildman–Crippen LogP) is 4.39. The summed E-state index contributed by atoms with van der Waals surface area (Å²) < 4.78 is 50.3. The monoisotopic (exact) mass is 506 g/mol. The zero-order valence-electron chi connectivity index (χ0n) is 17.9. The van der Waals surface area contributed by atoms with Crippen molar-refractivity contribution in [3.05, 3.63) is 60.2 Å². The Morgan fingerprint density at radius 1 is 1.12 bits per heavy atom. The molecule has 3 aromatic rings. The quantitative estimate of drug-likeness (QED) is 0.363. The molecule has 33 heavy (non-hydrogen) atoms. The molecule has 0 radical (unpaired) electrons. The number of hydrogen-bond acceptors (Lipinski definition) is 6. The van der Waals surface area contributed by atoms with Crippen molar-refractivity contribution in [2.45, 2.75) is 36.6 Å². The Morgan fingerprint density at radius 2 is 1.79 bits per heavy atom. The molecule has 1 aliphatic carbocycles. The van der Waals surface area contributed by atoms with Gasteiger partial charge in [0.15, 0.2) is 5.65 Å². The minimum absolute atomic E-state index is 0.0204. The van der Waals surface area contributed by atoms with Gasteiger partial charge in [0.25, 0.3) is 10.0 Å². The van der Waals surface area contributed by atoms with Gasteiger partial charge in [-0.05, 0) is 49.8 Å². The molecule has 0 N–H and O–H groups in total. The Labute approximate surface area is 198 Å². The van der Waals surface area contributed by atoms with Gasteiger partial charge in [-0.25, -0.2) is 30.6 Å². The minimum Gasteiger partial charge on any atom is -0.380 e. The van der Waals surface area contributed by atoms with Gasteiger partial charge < -0.3 is 4.90 Å². The van der Waals surface area contributed by atoms with E-state index in [1.165, 1.54) is 24.5 Å². The van der Waals surface area contributed by atoms with Crippen molar-refractivity contribution < 1.29 is 16.8 Å². The van der Waals surface area contributed by atoms with Gasteiger partial charge in [0.05, 0.1) is 22.9 Å². The maximum absolute atomic E-state index is 13.2. The highest BCUT2D eigenvalue weighted by Crippen LogP contribution is 2.40. The van der Waals surface area contributed by atoms with E-state index in [-0.39, 0.29) is 28.3 Å². The fourth-order valence-electron chi connectivity index (χ4n) is 4.55. The van der Waals surface area contributed by atoms with E-state index < -0.39 is 19.1 Å². The lowest BCUT2D eigenvalue weighted by molar-refractivity contribution is 0.342. The van der Waals surface area contributed by atoms with Crippen LogP contribution >= 0.6 is 10.7 Å². The van der Waals surface area contributed by atoms with E-state index in [4.69, 9.17) is 17.3 Å². The standard InChI is InChI=1S/C22H23ClN4O4S2/c1-24-20-14-25-22-19(12-13-27(22)33(30,31)18-6-4-3-5-7-18)21(20)26(2)17-10-8-16(9-11-17)15-32(23,28)29/h3-7,12-14,16-17H,8-11,15H2,2H3. The fraction of sp³-hybridized carbons (Fsp3) is 0.364. The summed E-state index contributed by atoms with van der Waals surface area (Å²) in [6, 6.07) is 9.89. The average Bonchev–Trinajstić information content (AvgIpc) is 3.23. The van der Waals surface area contributed by atoms with Crippen LogP contribution in [0.5, 0.6) is 0 Å². The molecule has 1 aliphatic rings. The largest absolute Gasteiger partial charge is 0.380 e. The molecule has 0 spiro atoms. The lowest BCUT2D eigenvalue weighted by atomic mass is 9.86. The summed E-state index contributed by atoms with van der Waals surface area (Å²) in [4.78, 5) is 10.1. The Balaban J connectivity index is 1.69. The number of anilines is 1. The molecule has 1 saturated carbocycles. The number of fused-ring (bicyclic) bond motifs is 1. The maximum atomic E-state index is 13.2. The van der Waals surface area contributed by atoms with Gasteiger partial charge in [0.1, 0.15) is 0 Å². The number of pyridine rings is 1. The maximum Gasteiger partial charge on any atom is 0.269 e. The van der Waals surface area contributed by atoms with Crippen LogP contribution in [0.2, 0.25) is 0 Å². The molecule has 1 aromatic carbocycles. The smallest absolute Gasteiger partial charge is 0.269 e. The highest BCUT2D eigenvalue weighted by Gasteiger charge is 2.30. The molecular formula is C22H23ClN4O4S2. The van der Waals surface area contributed by atoms with Crippen molar-refractivity contribution >= 4 is 52.2 Å². The molecule has 0 unspecified atom stereocenters. The zero-order chi connectivity index (χ0) is 23.8. The first-order chi connectivity index (χ1) is 15.6. The van der Waals surface area contributed by atoms with Crippen LogP contribution in [0.25, 0.3) is 15.9 Å². The molecule has 174 valence electrons. The van der Waals surface area contributed by atoms with Crippen LogP contribution in [0.3, 0.4) is 0 Å². The van der Waals surface area contributed by atoms with Gasteiger partial charge in [-0.2, -0.15) is 0 Å². The second-order valence-electron chi connectivity index (χ2n) is 8.26. The summed E-state index contributed by atoms with van der Waals surface area (Å²) in [5.41, 5.74) is 1.23. The van der Waals surface area contributed by atoms with Crippen LogP contribution in [0.15, 0.2) is 53.7 Å². The Bertz CT molecular complexity index is 1420. The number of aromatic nitrogens is 2. The Morgan fingerprint density at radius 3 is 2.39 bits per heavy atom. The van der Waals surface area contributed by atoms with Crippen LogP contribution < -0.4 is 4.90 Å². The normalized spacial score (nSPS) is 19.3. The lowest BCUT2D eigenvalue weighted by Crippen LogP contribution is -2.36. The molecule has 0 aliphatic heterocycles. The van der Waals surface area contributed by atoms with Gasteiger partial charge in [0.2, 0.25) is 14.7 Å². The summed E-state index contributed by atoms with van der Waals surface area (Å²) >= 11 is 0. The van der Waals surface area contributed by atoms with Gasteiger partial charge in [-0.1, -0.05) is 18.2 Å². The number of nitrogens with zero attached hydrogens (tertiary/aromatic N) is 4. The first kappa shape index (κ1) is 23.5. The summed E-state index contributed by atoms with van der Waals surface area (Å²) in [7, 11) is -0.0769. The summed E-state index contributed by atoms with van der Waals surface area (Å²) in [5.74, 6) is -0.00936. The second-order valence-corrected chi connectivity index (χ2v) is 12.9. The molecule has 0 atom stereocenters. The molecule has 8 nitrogen and oxygen atoms in total. The molecule has 0 amide bonds. The SMILES string of the molecule is [C-]#[N+]c1cnc2c(ccn2S(=O)(=O)c2ccccc2)c1N(C)C1CCC(CS(=O)(=O)Cl)CC1. The van der Waals surface area contributed by atoms with Crippen LogP contribution in [-0.2, 0) is 19.1 Å². The third-order valence-electron chi connectivity index (χ3n) is 6.21. The third kappa shape index (κ3) is 4.71. The van der Waals surface area contributed by atoms with Crippen molar-refractivity contribution in [2.75, 3.05) is 17.7 Å². The molecule has 2 aromatic heterocycles. The van der Waals surface area contributed by atoms with Crippen LogP contribution in [0.4, 0.5) is 11.4 Å². The summed E-state index contributed by atoms with van der Waals surface area (Å²) in [6.45, 7) is 7.61. The lowest BCUT2D eigenvalue weighted by Gasteiger charge is -2.36. The molecule has 11 heteroatoms. The van der Waals surface area contributed by atoms with Crippen molar-refractivity contribution in [3.8, 4) is 0 Å². The second kappa shape index (κ2) is 8.97. The van der Waals surface area contributed by atoms with Gasteiger partial charge in [-0.15, -0.1) is 0 Å². The Kier molecular flexibility index (Phi) is 6.40. The topological polar surface area (TPSA) is 93.7 Å². The number of benzene rings is 1. The number of halogens is 1. The van der Waals surface area contributed by atoms with Crippen molar-refractivity contribution in [2.24, 2.45) is 5.92 Å². The first-order valence-electron chi connectivity index (χ1n) is 10.4. The fourth-order valence-corrected chi connectivity index (χ4v) is 7.31. The van der Waals surface area contributed by atoms with E-state index >= 15 is 0 Å². The Hall–Kier alpha value is -2.61. The molecule has 2 heterocycles. The molecule has 4 rings (SSSR count). The van der Waals surface area contributed by atoms with E-state index in [9.17, 15) is 16.8 Å². The molecule has 0 saturated heterocycles. The summed E-state index contributed by atoms with van der Waals surface area (Å²) in [6.07, 6.45) is 5.80.